The number of aliphatic hydroxyl groups is 1. The molecule has 0 saturated carbocycles. The molecular formula is C22H27F3N2O2. The lowest BCUT2D eigenvalue weighted by Gasteiger charge is -2.28. The fraction of sp³-hybridized carbons (Fsp3) is 0.455. The summed E-state index contributed by atoms with van der Waals surface area (Å²) in [5.74, 6) is 0.709. The third kappa shape index (κ3) is 5.29. The van der Waals surface area contributed by atoms with Crippen molar-refractivity contribution in [1.82, 2.24) is 9.80 Å². The van der Waals surface area contributed by atoms with Crippen molar-refractivity contribution in [3.8, 4) is 5.75 Å². The molecule has 1 atom stereocenters. The van der Waals surface area contributed by atoms with Crippen molar-refractivity contribution in [2.24, 2.45) is 0 Å². The summed E-state index contributed by atoms with van der Waals surface area (Å²) >= 11 is 0. The minimum Gasteiger partial charge on any atom is -0.492 e. The average Bonchev–Trinajstić information content (AvgIpc) is 2.81. The molecule has 7 heteroatoms. The van der Waals surface area contributed by atoms with E-state index in [1.165, 1.54) is 12.1 Å². The number of fused-ring (bicyclic) bond motifs is 1. The molecule has 0 aromatic heterocycles. The Morgan fingerprint density at radius 1 is 1.14 bits per heavy atom. The highest BCUT2D eigenvalue weighted by atomic mass is 19.4. The van der Waals surface area contributed by atoms with E-state index in [9.17, 15) is 18.3 Å². The second kappa shape index (κ2) is 8.34. The van der Waals surface area contributed by atoms with Gasteiger partial charge in [-0.3, -0.25) is 4.90 Å². The number of alkyl halides is 3. The van der Waals surface area contributed by atoms with E-state index in [0.717, 1.165) is 17.2 Å². The van der Waals surface area contributed by atoms with Gasteiger partial charge in [0.15, 0.2) is 0 Å². The van der Waals surface area contributed by atoms with Crippen LogP contribution >= 0.6 is 0 Å². The van der Waals surface area contributed by atoms with Crippen molar-refractivity contribution in [2.75, 3.05) is 33.8 Å². The van der Waals surface area contributed by atoms with E-state index in [0.29, 0.717) is 32.0 Å². The second-order valence-electron chi connectivity index (χ2n) is 8.05. The quantitative estimate of drug-likeness (QED) is 0.815. The summed E-state index contributed by atoms with van der Waals surface area (Å²) in [6, 6.07) is 11.3. The molecule has 2 aromatic carbocycles. The Morgan fingerprint density at radius 2 is 1.86 bits per heavy atom. The minimum atomic E-state index is -4.38. The second-order valence-corrected chi connectivity index (χ2v) is 8.05. The van der Waals surface area contributed by atoms with Crippen LogP contribution < -0.4 is 4.74 Å². The first-order chi connectivity index (χ1) is 13.6. The van der Waals surface area contributed by atoms with Crippen LogP contribution in [0.2, 0.25) is 0 Å². The Bertz CT molecular complexity index is 850. The van der Waals surface area contributed by atoms with Crippen LogP contribution in [0.25, 0.3) is 0 Å². The smallest absolute Gasteiger partial charge is 0.416 e. The lowest BCUT2D eigenvalue weighted by atomic mass is 9.93. The van der Waals surface area contributed by atoms with Crippen molar-refractivity contribution < 1.29 is 23.0 Å². The van der Waals surface area contributed by atoms with Gasteiger partial charge >= 0.3 is 6.18 Å². The summed E-state index contributed by atoms with van der Waals surface area (Å²) in [4.78, 5) is 3.85. The standard InChI is InChI=1S/C22H27F3N2O2/c1-21(28,15-26(2)3)18-8-9-20-17(12-18)14-27(10-11-29-20)13-16-6-4-5-7-19(16)22(23,24)25/h4-9,12,28H,10-11,13-15H2,1-3H3. The number of ether oxygens (including phenoxy) is 1. The predicted octanol–water partition coefficient (Wildman–Crippen LogP) is 3.87. The molecule has 158 valence electrons. The molecule has 3 rings (SSSR count). The zero-order valence-corrected chi connectivity index (χ0v) is 17.0. The Hall–Kier alpha value is -2.09. The summed E-state index contributed by atoms with van der Waals surface area (Å²) in [6.45, 7) is 3.75. The van der Waals surface area contributed by atoms with E-state index >= 15 is 0 Å². The molecule has 0 fully saturated rings. The molecule has 1 unspecified atom stereocenters. The molecule has 0 amide bonds. The maximum absolute atomic E-state index is 13.3. The summed E-state index contributed by atoms with van der Waals surface area (Å²) in [7, 11) is 3.78. The van der Waals surface area contributed by atoms with Gasteiger partial charge in [0.25, 0.3) is 0 Å². The van der Waals surface area contributed by atoms with Gasteiger partial charge < -0.3 is 14.7 Å². The maximum atomic E-state index is 13.3. The summed E-state index contributed by atoms with van der Waals surface area (Å²) < 4.78 is 45.8. The maximum Gasteiger partial charge on any atom is 0.416 e. The van der Waals surface area contributed by atoms with Gasteiger partial charge in [0.05, 0.1) is 11.2 Å². The van der Waals surface area contributed by atoms with Crippen LogP contribution in [0.5, 0.6) is 5.75 Å². The third-order valence-corrected chi connectivity index (χ3v) is 5.08. The van der Waals surface area contributed by atoms with Gasteiger partial charge in [0, 0.05) is 31.7 Å². The fourth-order valence-corrected chi connectivity index (χ4v) is 3.80. The molecule has 0 radical (unpaired) electrons. The number of hydrogen-bond acceptors (Lipinski definition) is 4. The molecule has 4 nitrogen and oxygen atoms in total. The van der Waals surface area contributed by atoms with Crippen LogP contribution in [0.1, 0.15) is 29.2 Å². The molecule has 0 saturated heterocycles. The molecule has 1 aliphatic rings. The third-order valence-electron chi connectivity index (χ3n) is 5.08. The SMILES string of the molecule is CN(C)CC(C)(O)c1ccc2c(c1)CN(Cc1ccccc1C(F)(F)F)CCO2. The topological polar surface area (TPSA) is 35.9 Å². The number of benzene rings is 2. The van der Waals surface area contributed by atoms with E-state index in [1.54, 1.807) is 13.0 Å². The van der Waals surface area contributed by atoms with Crippen LogP contribution in [0, 0.1) is 0 Å². The van der Waals surface area contributed by atoms with Gasteiger partial charge in [-0.15, -0.1) is 0 Å². The van der Waals surface area contributed by atoms with Gasteiger partial charge in [-0.25, -0.2) is 0 Å². The van der Waals surface area contributed by atoms with E-state index in [2.05, 4.69) is 0 Å². The summed E-state index contributed by atoms with van der Waals surface area (Å²) in [5, 5.41) is 10.8. The normalized spacial score (nSPS) is 17.4. The van der Waals surface area contributed by atoms with Gasteiger partial charge in [0.1, 0.15) is 12.4 Å². The highest BCUT2D eigenvalue weighted by Crippen LogP contribution is 2.34. The van der Waals surface area contributed by atoms with Crippen LogP contribution in [-0.4, -0.2) is 48.7 Å². The monoisotopic (exact) mass is 408 g/mol. The highest BCUT2D eigenvalue weighted by Gasteiger charge is 2.33. The number of nitrogens with zero attached hydrogens (tertiary/aromatic N) is 2. The Labute approximate surface area is 169 Å². The van der Waals surface area contributed by atoms with Crippen molar-refractivity contribution >= 4 is 0 Å². The Balaban J connectivity index is 1.85. The Kier molecular flexibility index (Phi) is 6.22. The fourth-order valence-electron chi connectivity index (χ4n) is 3.80. The largest absolute Gasteiger partial charge is 0.492 e. The molecule has 1 N–H and O–H groups in total. The van der Waals surface area contributed by atoms with Crippen molar-refractivity contribution in [1.29, 1.82) is 0 Å². The van der Waals surface area contributed by atoms with Crippen molar-refractivity contribution in [3.05, 3.63) is 64.7 Å². The first kappa shape index (κ1) is 21.6. The summed E-state index contributed by atoms with van der Waals surface area (Å²) in [6.07, 6.45) is -4.38. The van der Waals surface area contributed by atoms with Crippen LogP contribution in [0.4, 0.5) is 13.2 Å². The lowest BCUT2D eigenvalue weighted by molar-refractivity contribution is -0.138. The minimum absolute atomic E-state index is 0.177. The first-order valence-electron chi connectivity index (χ1n) is 9.57. The zero-order chi connectivity index (χ0) is 21.2. The van der Waals surface area contributed by atoms with E-state index in [4.69, 9.17) is 4.74 Å². The zero-order valence-electron chi connectivity index (χ0n) is 17.0. The van der Waals surface area contributed by atoms with E-state index in [-0.39, 0.29) is 12.1 Å². The highest BCUT2D eigenvalue weighted by molar-refractivity contribution is 5.40. The van der Waals surface area contributed by atoms with Crippen molar-refractivity contribution in [3.63, 3.8) is 0 Å². The number of hydrogen-bond donors (Lipinski definition) is 1. The van der Waals surface area contributed by atoms with Crippen LogP contribution in [0.3, 0.4) is 0 Å². The van der Waals surface area contributed by atoms with Gasteiger partial charge in [-0.2, -0.15) is 13.2 Å². The molecule has 0 spiro atoms. The molecule has 0 bridgehead atoms. The van der Waals surface area contributed by atoms with Gasteiger partial charge in [0.2, 0.25) is 0 Å². The molecule has 0 aliphatic carbocycles. The van der Waals surface area contributed by atoms with Crippen molar-refractivity contribution in [2.45, 2.75) is 31.8 Å². The molecule has 29 heavy (non-hydrogen) atoms. The number of rotatable bonds is 5. The predicted molar refractivity (Wildman–Crippen MR) is 106 cm³/mol. The van der Waals surface area contributed by atoms with Crippen LogP contribution in [0.15, 0.2) is 42.5 Å². The summed E-state index contributed by atoms with van der Waals surface area (Å²) in [5.41, 5.74) is 0.223. The molecule has 1 aliphatic heterocycles. The number of halogens is 3. The average molecular weight is 408 g/mol. The van der Waals surface area contributed by atoms with Crippen LogP contribution in [-0.2, 0) is 24.9 Å². The Morgan fingerprint density at radius 3 is 2.55 bits per heavy atom. The molecular weight excluding hydrogens is 381 g/mol. The van der Waals surface area contributed by atoms with Gasteiger partial charge in [-0.05, 0) is 50.3 Å². The van der Waals surface area contributed by atoms with Gasteiger partial charge in [-0.1, -0.05) is 24.3 Å². The number of likely N-dealkylation sites (N-methyl/N-ethyl adjacent to an activating group) is 1. The molecule has 2 aromatic rings. The lowest BCUT2D eigenvalue weighted by Crippen LogP contribution is -2.34. The van der Waals surface area contributed by atoms with E-state index < -0.39 is 17.3 Å². The van der Waals surface area contributed by atoms with E-state index in [1.807, 2.05) is 42.1 Å². The first-order valence-corrected chi connectivity index (χ1v) is 9.57. The molecule has 1 heterocycles.